The standard InChI is InChI=1S/C20H19F3N4O4/c21-20(22,23)11-30-10-15-9-24-16(14-7-13-3-6-31-18(13)25-8-14)17(26-15)27-4-1-12(2-5-27)19(28)29/h3,6-9,12H,1-2,4-5,10-11H2,(H,28,29). The minimum Gasteiger partial charge on any atom is -0.481 e. The van der Waals surface area contributed by atoms with Gasteiger partial charge < -0.3 is 19.2 Å². The van der Waals surface area contributed by atoms with Gasteiger partial charge in [-0.2, -0.15) is 13.2 Å². The van der Waals surface area contributed by atoms with Crippen LogP contribution in [0.3, 0.4) is 0 Å². The van der Waals surface area contributed by atoms with Gasteiger partial charge in [-0.15, -0.1) is 0 Å². The minimum atomic E-state index is -4.43. The second kappa shape index (κ2) is 8.50. The molecule has 0 unspecified atom stereocenters. The van der Waals surface area contributed by atoms with Gasteiger partial charge in [0, 0.05) is 30.2 Å². The van der Waals surface area contributed by atoms with Gasteiger partial charge in [-0.05, 0) is 25.0 Å². The van der Waals surface area contributed by atoms with E-state index in [1.165, 1.54) is 12.5 Å². The highest BCUT2D eigenvalue weighted by Crippen LogP contribution is 2.32. The van der Waals surface area contributed by atoms with Gasteiger partial charge in [0.1, 0.15) is 12.3 Å². The van der Waals surface area contributed by atoms with Gasteiger partial charge in [-0.3, -0.25) is 9.78 Å². The summed E-state index contributed by atoms with van der Waals surface area (Å²) in [7, 11) is 0. The van der Waals surface area contributed by atoms with Gasteiger partial charge in [-0.1, -0.05) is 0 Å². The van der Waals surface area contributed by atoms with Gasteiger partial charge in [-0.25, -0.2) is 9.97 Å². The van der Waals surface area contributed by atoms with Crippen LogP contribution in [0.15, 0.2) is 35.2 Å². The van der Waals surface area contributed by atoms with E-state index in [1.807, 2.05) is 11.0 Å². The average molecular weight is 436 g/mol. The number of carboxylic acids is 1. The number of alkyl halides is 3. The van der Waals surface area contributed by atoms with E-state index < -0.39 is 24.7 Å². The van der Waals surface area contributed by atoms with Gasteiger partial charge in [0.05, 0.1) is 30.7 Å². The molecule has 0 atom stereocenters. The predicted molar refractivity (Wildman–Crippen MR) is 103 cm³/mol. The largest absolute Gasteiger partial charge is 0.481 e. The molecular formula is C20H19F3N4O4. The van der Waals surface area contributed by atoms with Crippen molar-refractivity contribution in [3.8, 4) is 11.3 Å². The number of carbonyl (C=O) groups is 1. The summed E-state index contributed by atoms with van der Waals surface area (Å²) in [4.78, 5) is 26.4. The number of carboxylic acid groups (broad SMARTS) is 1. The Morgan fingerprint density at radius 1 is 1.26 bits per heavy atom. The number of aliphatic carboxylic acids is 1. The number of halogens is 3. The molecule has 0 bridgehead atoms. The smallest absolute Gasteiger partial charge is 0.411 e. The van der Waals surface area contributed by atoms with E-state index in [2.05, 4.69) is 15.0 Å². The molecule has 1 aliphatic heterocycles. The van der Waals surface area contributed by atoms with E-state index >= 15 is 0 Å². The van der Waals surface area contributed by atoms with Crippen LogP contribution in [0.5, 0.6) is 0 Å². The molecule has 164 valence electrons. The van der Waals surface area contributed by atoms with Crippen molar-refractivity contribution >= 4 is 22.9 Å². The molecule has 3 aromatic heterocycles. The van der Waals surface area contributed by atoms with Crippen molar-refractivity contribution in [3.05, 3.63) is 36.5 Å². The first-order chi connectivity index (χ1) is 14.8. The van der Waals surface area contributed by atoms with Crippen LogP contribution in [0.25, 0.3) is 22.4 Å². The lowest BCUT2D eigenvalue weighted by atomic mass is 9.97. The predicted octanol–water partition coefficient (Wildman–Crippen LogP) is 3.66. The zero-order valence-electron chi connectivity index (χ0n) is 16.3. The lowest BCUT2D eigenvalue weighted by Gasteiger charge is -2.32. The molecule has 4 rings (SSSR count). The van der Waals surface area contributed by atoms with Crippen LogP contribution in [0.1, 0.15) is 18.5 Å². The molecule has 0 saturated carbocycles. The Labute approximate surface area is 174 Å². The minimum absolute atomic E-state index is 0.251. The highest BCUT2D eigenvalue weighted by atomic mass is 19.4. The zero-order valence-corrected chi connectivity index (χ0v) is 16.3. The summed E-state index contributed by atoms with van der Waals surface area (Å²) in [6, 6.07) is 3.60. The Morgan fingerprint density at radius 3 is 2.74 bits per heavy atom. The second-order valence-corrected chi connectivity index (χ2v) is 7.28. The number of pyridine rings is 1. The summed E-state index contributed by atoms with van der Waals surface area (Å²) in [5.41, 5.74) is 1.89. The molecule has 1 N–H and O–H groups in total. The maximum Gasteiger partial charge on any atom is 0.411 e. The van der Waals surface area contributed by atoms with E-state index in [-0.39, 0.29) is 12.3 Å². The fraction of sp³-hybridized carbons (Fsp3) is 0.400. The Hall–Kier alpha value is -3.21. The first-order valence-electron chi connectivity index (χ1n) is 9.62. The number of piperidine rings is 1. The number of fused-ring (bicyclic) bond motifs is 1. The fourth-order valence-corrected chi connectivity index (χ4v) is 3.51. The third kappa shape index (κ3) is 4.93. The van der Waals surface area contributed by atoms with Crippen molar-refractivity contribution in [2.45, 2.75) is 25.6 Å². The van der Waals surface area contributed by atoms with Crippen molar-refractivity contribution in [1.29, 1.82) is 0 Å². The van der Waals surface area contributed by atoms with E-state index in [1.54, 1.807) is 12.3 Å². The van der Waals surface area contributed by atoms with Crippen molar-refractivity contribution in [3.63, 3.8) is 0 Å². The molecule has 0 aromatic carbocycles. The van der Waals surface area contributed by atoms with Crippen LogP contribution >= 0.6 is 0 Å². The Bertz CT molecular complexity index is 1080. The molecule has 0 aliphatic carbocycles. The van der Waals surface area contributed by atoms with Gasteiger partial charge in [0.15, 0.2) is 5.82 Å². The van der Waals surface area contributed by atoms with Crippen LogP contribution < -0.4 is 4.90 Å². The topological polar surface area (TPSA) is 102 Å². The lowest BCUT2D eigenvalue weighted by molar-refractivity contribution is -0.176. The van der Waals surface area contributed by atoms with Crippen LogP contribution in [0.2, 0.25) is 0 Å². The van der Waals surface area contributed by atoms with Crippen LogP contribution in [0.4, 0.5) is 19.0 Å². The van der Waals surface area contributed by atoms with E-state index in [4.69, 9.17) is 9.15 Å². The van der Waals surface area contributed by atoms with Crippen molar-refractivity contribution in [2.75, 3.05) is 24.6 Å². The quantitative estimate of drug-likeness (QED) is 0.625. The third-order valence-electron chi connectivity index (χ3n) is 5.04. The van der Waals surface area contributed by atoms with Crippen molar-refractivity contribution < 1.29 is 32.2 Å². The summed E-state index contributed by atoms with van der Waals surface area (Å²) >= 11 is 0. The summed E-state index contributed by atoms with van der Waals surface area (Å²) in [6.45, 7) is -0.846. The number of ether oxygens (including phenoxy) is 1. The second-order valence-electron chi connectivity index (χ2n) is 7.28. The SMILES string of the molecule is O=C(O)C1CCN(c2nc(COCC(F)(F)F)cnc2-c2cnc3occc3c2)CC1. The third-order valence-corrected chi connectivity index (χ3v) is 5.04. The molecule has 4 heterocycles. The molecule has 1 saturated heterocycles. The Morgan fingerprint density at radius 2 is 2.03 bits per heavy atom. The lowest BCUT2D eigenvalue weighted by Crippen LogP contribution is -2.37. The number of nitrogens with zero attached hydrogens (tertiary/aromatic N) is 4. The average Bonchev–Trinajstić information content (AvgIpc) is 3.21. The maximum atomic E-state index is 12.4. The summed E-state index contributed by atoms with van der Waals surface area (Å²) < 4.78 is 47.1. The number of furan rings is 1. The zero-order chi connectivity index (χ0) is 22.0. The molecule has 0 amide bonds. The van der Waals surface area contributed by atoms with Gasteiger partial charge in [0.2, 0.25) is 5.71 Å². The van der Waals surface area contributed by atoms with Gasteiger partial charge in [0.25, 0.3) is 0 Å². The molecular weight excluding hydrogens is 417 g/mol. The van der Waals surface area contributed by atoms with Crippen LogP contribution in [0, 0.1) is 5.92 Å². The summed E-state index contributed by atoms with van der Waals surface area (Å²) in [5.74, 6) is -0.814. The van der Waals surface area contributed by atoms with Crippen molar-refractivity contribution in [2.24, 2.45) is 5.92 Å². The molecule has 8 nitrogen and oxygen atoms in total. The van der Waals surface area contributed by atoms with Crippen LogP contribution in [-0.2, 0) is 16.1 Å². The summed E-state index contributed by atoms with van der Waals surface area (Å²) in [5, 5.41) is 10.0. The Kier molecular flexibility index (Phi) is 5.77. The molecule has 1 aliphatic rings. The fourth-order valence-electron chi connectivity index (χ4n) is 3.51. The molecule has 1 fully saturated rings. The molecule has 11 heteroatoms. The van der Waals surface area contributed by atoms with Crippen LogP contribution in [-0.4, -0.2) is 51.9 Å². The maximum absolute atomic E-state index is 12.4. The highest BCUT2D eigenvalue weighted by Gasteiger charge is 2.29. The van der Waals surface area contributed by atoms with E-state index in [9.17, 15) is 23.1 Å². The highest BCUT2D eigenvalue weighted by molar-refractivity contribution is 5.82. The van der Waals surface area contributed by atoms with Gasteiger partial charge >= 0.3 is 12.1 Å². The first kappa shape index (κ1) is 21.0. The number of rotatable bonds is 6. The van der Waals surface area contributed by atoms with E-state index in [0.29, 0.717) is 48.7 Å². The monoisotopic (exact) mass is 436 g/mol. The first-order valence-corrected chi connectivity index (χ1v) is 9.62. The number of hydrogen-bond acceptors (Lipinski definition) is 7. The molecule has 0 radical (unpaired) electrons. The number of hydrogen-bond donors (Lipinski definition) is 1. The molecule has 0 spiro atoms. The normalized spacial score (nSPS) is 15.5. The summed E-state index contributed by atoms with van der Waals surface area (Å²) in [6.07, 6.45) is 0.920. The van der Waals surface area contributed by atoms with Crippen molar-refractivity contribution in [1.82, 2.24) is 15.0 Å². The molecule has 3 aromatic rings. The number of anilines is 1. The molecule has 31 heavy (non-hydrogen) atoms. The Balaban J connectivity index is 1.64. The number of aromatic nitrogens is 3. The van der Waals surface area contributed by atoms with E-state index in [0.717, 1.165) is 5.39 Å².